The zero-order chi connectivity index (χ0) is 16.2. The lowest BCUT2D eigenvalue weighted by Gasteiger charge is -2.03. The lowest BCUT2D eigenvalue weighted by Crippen LogP contribution is -2.01. The summed E-state index contributed by atoms with van der Waals surface area (Å²) >= 11 is 0. The van der Waals surface area contributed by atoms with Gasteiger partial charge in [-0.2, -0.15) is 5.10 Å². The Morgan fingerprint density at radius 3 is 2.57 bits per heavy atom. The van der Waals surface area contributed by atoms with E-state index in [4.69, 9.17) is 0 Å². The van der Waals surface area contributed by atoms with E-state index in [9.17, 15) is 4.79 Å². The Hall–Kier alpha value is -3.01. The number of pyridine rings is 1. The van der Waals surface area contributed by atoms with Gasteiger partial charge in [0.2, 0.25) is 0 Å². The molecular formula is C19H17N3O. The van der Waals surface area contributed by atoms with Crippen molar-refractivity contribution in [3.8, 4) is 5.69 Å². The quantitative estimate of drug-likeness (QED) is 0.544. The fraction of sp³-hybridized carbons (Fsp3) is 0.105. The molecule has 23 heavy (non-hydrogen) atoms. The van der Waals surface area contributed by atoms with Crippen molar-refractivity contribution in [3.05, 3.63) is 83.4 Å². The van der Waals surface area contributed by atoms with Crippen molar-refractivity contribution in [2.24, 2.45) is 0 Å². The monoisotopic (exact) mass is 303 g/mol. The van der Waals surface area contributed by atoms with Crippen LogP contribution in [0.4, 0.5) is 0 Å². The maximum absolute atomic E-state index is 12.5. The predicted molar refractivity (Wildman–Crippen MR) is 90.6 cm³/mol. The average molecular weight is 303 g/mol. The van der Waals surface area contributed by atoms with E-state index < -0.39 is 0 Å². The number of hydrogen-bond donors (Lipinski definition) is 0. The molecule has 0 amide bonds. The number of allylic oxidation sites excluding steroid dienone is 1. The molecule has 0 saturated carbocycles. The van der Waals surface area contributed by atoms with Gasteiger partial charge < -0.3 is 0 Å². The number of aryl methyl sites for hydroxylation is 1. The minimum Gasteiger partial charge on any atom is -0.289 e. The van der Waals surface area contributed by atoms with Crippen molar-refractivity contribution >= 4 is 11.9 Å². The molecule has 0 aliphatic rings. The number of carbonyl (C=O) groups excluding carboxylic acids is 1. The third-order valence-electron chi connectivity index (χ3n) is 3.65. The van der Waals surface area contributed by atoms with Crippen molar-refractivity contribution in [3.63, 3.8) is 0 Å². The fourth-order valence-corrected chi connectivity index (χ4v) is 2.55. The summed E-state index contributed by atoms with van der Waals surface area (Å²) in [6, 6.07) is 13.6. The molecule has 0 bridgehead atoms. The number of carbonyl (C=O) groups is 1. The first-order valence-corrected chi connectivity index (χ1v) is 7.41. The van der Waals surface area contributed by atoms with Crippen LogP contribution in [0.1, 0.15) is 27.3 Å². The molecule has 3 aromatic rings. The number of nitrogens with zero attached hydrogens (tertiary/aromatic N) is 3. The maximum Gasteiger partial charge on any atom is 0.189 e. The molecule has 0 saturated heterocycles. The molecule has 2 heterocycles. The Balaban J connectivity index is 1.93. The lowest BCUT2D eigenvalue weighted by molar-refractivity contribution is 0.104. The SMILES string of the molecule is Cc1nn(-c2ccccc2)c(C)c1C(=O)C=Cc1cccnc1. The van der Waals surface area contributed by atoms with E-state index in [1.54, 1.807) is 29.2 Å². The van der Waals surface area contributed by atoms with E-state index in [-0.39, 0.29) is 5.78 Å². The molecule has 2 aromatic heterocycles. The topological polar surface area (TPSA) is 47.8 Å². The van der Waals surface area contributed by atoms with Crippen molar-refractivity contribution in [1.82, 2.24) is 14.8 Å². The van der Waals surface area contributed by atoms with Crippen LogP contribution in [0.5, 0.6) is 0 Å². The van der Waals surface area contributed by atoms with Gasteiger partial charge in [0.05, 0.1) is 22.6 Å². The summed E-state index contributed by atoms with van der Waals surface area (Å²) in [6.45, 7) is 3.77. The molecular weight excluding hydrogens is 286 g/mol. The average Bonchev–Trinajstić information content (AvgIpc) is 2.89. The van der Waals surface area contributed by atoms with Gasteiger partial charge in [-0.25, -0.2) is 4.68 Å². The Morgan fingerprint density at radius 2 is 1.87 bits per heavy atom. The van der Waals surface area contributed by atoms with Crippen LogP contribution >= 0.6 is 0 Å². The fourth-order valence-electron chi connectivity index (χ4n) is 2.55. The van der Waals surface area contributed by atoms with Gasteiger partial charge in [0.25, 0.3) is 0 Å². The van der Waals surface area contributed by atoms with Gasteiger partial charge in [0.15, 0.2) is 5.78 Å². The van der Waals surface area contributed by atoms with E-state index in [1.807, 2.05) is 56.3 Å². The van der Waals surface area contributed by atoms with Crippen LogP contribution in [0.15, 0.2) is 60.9 Å². The molecule has 114 valence electrons. The second-order valence-electron chi connectivity index (χ2n) is 5.28. The Labute approximate surface area is 135 Å². The number of para-hydroxylation sites is 1. The first-order valence-electron chi connectivity index (χ1n) is 7.41. The smallest absolute Gasteiger partial charge is 0.189 e. The van der Waals surface area contributed by atoms with Crippen LogP contribution in [0, 0.1) is 13.8 Å². The number of aromatic nitrogens is 3. The van der Waals surface area contributed by atoms with E-state index in [0.29, 0.717) is 5.56 Å². The Bertz CT molecular complexity index is 849. The summed E-state index contributed by atoms with van der Waals surface area (Å²) in [6.07, 6.45) is 6.77. The molecule has 0 fully saturated rings. The number of ketones is 1. The molecule has 0 radical (unpaired) electrons. The second kappa shape index (κ2) is 6.40. The van der Waals surface area contributed by atoms with E-state index in [1.165, 1.54) is 0 Å². The third-order valence-corrected chi connectivity index (χ3v) is 3.65. The molecule has 4 nitrogen and oxygen atoms in total. The summed E-state index contributed by atoms with van der Waals surface area (Å²) in [5.74, 6) is -0.0500. The number of benzene rings is 1. The number of rotatable bonds is 4. The van der Waals surface area contributed by atoms with Crippen LogP contribution in [-0.2, 0) is 0 Å². The van der Waals surface area contributed by atoms with E-state index in [0.717, 1.165) is 22.6 Å². The first kappa shape index (κ1) is 14.9. The van der Waals surface area contributed by atoms with Crippen molar-refractivity contribution in [2.45, 2.75) is 13.8 Å². The molecule has 0 spiro atoms. The van der Waals surface area contributed by atoms with Crippen LogP contribution in [0.2, 0.25) is 0 Å². The van der Waals surface area contributed by atoms with Gasteiger partial charge in [-0.1, -0.05) is 24.3 Å². The normalized spacial score (nSPS) is 11.0. The molecule has 1 aromatic carbocycles. The standard InChI is InChI=1S/C19H17N3O/c1-14-19(18(23)11-10-16-7-6-12-20-13-16)15(2)22(21-14)17-8-4-3-5-9-17/h3-13H,1-2H3. The summed E-state index contributed by atoms with van der Waals surface area (Å²) < 4.78 is 1.81. The van der Waals surface area contributed by atoms with Crippen molar-refractivity contribution in [2.75, 3.05) is 0 Å². The summed E-state index contributed by atoms with van der Waals surface area (Å²) in [4.78, 5) is 16.6. The van der Waals surface area contributed by atoms with Crippen molar-refractivity contribution < 1.29 is 4.79 Å². The van der Waals surface area contributed by atoms with Gasteiger partial charge in [-0.15, -0.1) is 0 Å². The molecule has 0 atom stereocenters. The van der Waals surface area contributed by atoms with E-state index >= 15 is 0 Å². The highest BCUT2D eigenvalue weighted by molar-refractivity contribution is 6.08. The van der Waals surface area contributed by atoms with Gasteiger partial charge >= 0.3 is 0 Å². The molecule has 4 heteroatoms. The predicted octanol–water partition coefficient (Wildman–Crippen LogP) is 3.78. The van der Waals surface area contributed by atoms with Crippen molar-refractivity contribution in [1.29, 1.82) is 0 Å². The minimum atomic E-state index is -0.0500. The molecule has 0 N–H and O–H groups in total. The third kappa shape index (κ3) is 3.11. The van der Waals surface area contributed by atoms with Gasteiger partial charge in [-0.3, -0.25) is 9.78 Å². The maximum atomic E-state index is 12.5. The summed E-state index contributed by atoms with van der Waals surface area (Å²) in [5, 5.41) is 4.51. The molecule has 3 rings (SSSR count). The zero-order valence-electron chi connectivity index (χ0n) is 13.1. The minimum absolute atomic E-state index is 0.0500. The largest absolute Gasteiger partial charge is 0.289 e. The number of hydrogen-bond acceptors (Lipinski definition) is 3. The second-order valence-corrected chi connectivity index (χ2v) is 5.28. The highest BCUT2D eigenvalue weighted by Gasteiger charge is 2.17. The van der Waals surface area contributed by atoms with Gasteiger partial charge in [0, 0.05) is 12.4 Å². The highest BCUT2D eigenvalue weighted by atomic mass is 16.1. The summed E-state index contributed by atoms with van der Waals surface area (Å²) in [7, 11) is 0. The van der Waals surface area contributed by atoms with Gasteiger partial charge in [0.1, 0.15) is 0 Å². The molecule has 0 aliphatic heterocycles. The van der Waals surface area contributed by atoms with Gasteiger partial charge in [-0.05, 0) is 49.8 Å². The van der Waals surface area contributed by atoms with E-state index in [2.05, 4.69) is 10.1 Å². The van der Waals surface area contributed by atoms with Crippen LogP contribution in [-0.4, -0.2) is 20.5 Å². The van der Waals surface area contributed by atoms with Crippen LogP contribution in [0.25, 0.3) is 11.8 Å². The first-order chi connectivity index (χ1) is 11.2. The Morgan fingerprint density at radius 1 is 1.09 bits per heavy atom. The molecule has 0 unspecified atom stereocenters. The lowest BCUT2D eigenvalue weighted by atomic mass is 10.1. The van der Waals surface area contributed by atoms with Crippen LogP contribution < -0.4 is 0 Å². The highest BCUT2D eigenvalue weighted by Crippen LogP contribution is 2.19. The van der Waals surface area contributed by atoms with Crippen LogP contribution in [0.3, 0.4) is 0 Å². The summed E-state index contributed by atoms with van der Waals surface area (Å²) in [5.41, 5.74) is 4.06. The molecule has 0 aliphatic carbocycles. The zero-order valence-corrected chi connectivity index (χ0v) is 13.1. The Kier molecular flexibility index (Phi) is 4.15.